The van der Waals surface area contributed by atoms with E-state index < -0.39 is 9.84 Å². The molecular weight excluding hydrogens is 360 g/mol. The van der Waals surface area contributed by atoms with Gasteiger partial charge in [0, 0.05) is 12.2 Å². The van der Waals surface area contributed by atoms with Crippen molar-refractivity contribution in [2.24, 2.45) is 0 Å². The molecule has 0 N–H and O–H groups in total. The number of nitrogens with zero attached hydrogens (tertiary/aromatic N) is 2. The van der Waals surface area contributed by atoms with Crippen LogP contribution in [0.2, 0.25) is 0 Å². The fraction of sp³-hybridized carbons (Fsp3) is 0.381. The topological polar surface area (TPSA) is 57.7 Å². The number of carbonyl (C=O) groups excluding carboxylic acids is 1. The van der Waals surface area contributed by atoms with Crippen molar-refractivity contribution in [1.82, 2.24) is 4.90 Å². The molecule has 0 saturated carbocycles. The molecule has 0 aromatic heterocycles. The van der Waals surface area contributed by atoms with Crippen molar-refractivity contribution in [2.75, 3.05) is 16.4 Å². The molecule has 6 heteroatoms. The van der Waals surface area contributed by atoms with Crippen LogP contribution < -0.4 is 4.90 Å². The molecule has 2 aliphatic rings. The van der Waals surface area contributed by atoms with Gasteiger partial charge in [0.25, 0.3) is 0 Å². The Bertz CT molecular complexity index is 952. The molecule has 2 aliphatic heterocycles. The van der Waals surface area contributed by atoms with E-state index in [1.54, 1.807) is 9.80 Å². The summed E-state index contributed by atoms with van der Waals surface area (Å²) in [6.07, 6.45) is 0.925. The molecule has 2 aromatic carbocycles. The van der Waals surface area contributed by atoms with Gasteiger partial charge in [-0.05, 0) is 36.6 Å². The predicted octanol–water partition coefficient (Wildman–Crippen LogP) is 3.17. The zero-order valence-electron chi connectivity index (χ0n) is 15.6. The second-order valence-corrected chi connectivity index (χ2v) is 9.65. The largest absolute Gasteiger partial charge is 0.325 e. The number of hydrogen-bond donors (Lipinski definition) is 0. The second-order valence-electron chi connectivity index (χ2n) is 7.50. The predicted molar refractivity (Wildman–Crippen MR) is 107 cm³/mol. The van der Waals surface area contributed by atoms with Crippen LogP contribution in [-0.2, 0) is 22.8 Å². The molecule has 0 bridgehead atoms. The van der Waals surface area contributed by atoms with E-state index in [0.29, 0.717) is 6.54 Å². The summed E-state index contributed by atoms with van der Waals surface area (Å²) in [5, 5.41) is 0. The lowest BCUT2D eigenvalue weighted by Crippen LogP contribution is -2.37. The van der Waals surface area contributed by atoms with Crippen LogP contribution in [0.3, 0.4) is 0 Å². The lowest BCUT2D eigenvalue weighted by Gasteiger charge is -2.23. The number of hydrogen-bond acceptors (Lipinski definition) is 3. The standard InChI is InChI=1S/C21H24N2O3S/c1-3-16-8-10-18(11-9-16)23-20-14-27(25,26)13-19(20)22(21(23)24)12-17-6-4-15(2)5-7-17/h4-11,19-20H,3,12-14H2,1-2H3. The third-order valence-electron chi connectivity index (χ3n) is 5.57. The van der Waals surface area contributed by atoms with Crippen molar-refractivity contribution < 1.29 is 13.2 Å². The minimum absolute atomic E-state index is 0.0311. The molecule has 2 unspecified atom stereocenters. The fourth-order valence-corrected chi connectivity index (χ4v) is 6.00. The smallest absolute Gasteiger partial charge is 0.314 e. The first-order valence-electron chi connectivity index (χ1n) is 9.33. The Kier molecular flexibility index (Phi) is 4.46. The van der Waals surface area contributed by atoms with Gasteiger partial charge in [0.1, 0.15) is 0 Å². The van der Waals surface area contributed by atoms with Gasteiger partial charge in [0.15, 0.2) is 9.84 Å². The highest BCUT2D eigenvalue weighted by atomic mass is 32.2. The second kappa shape index (κ2) is 6.68. The van der Waals surface area contributed by atoms with Gasteiger partial charge in [-0.2, -0.15) is 0 Å². The van der Waals surface area contributed by atoms with E-state index in [4.69, 9.17) is 0 Å². The zero-order chi connectivity index (χ0) is 19.2. The van der Waals surface area contributed by atoms with E-state index in [1.165, 1.54) is 5.56 Å². The molecule has 5 nitrogen and oxygen atoms in total. The van der Waals surface area contributed by atoms with E-state index in [1.807, 2.05) is 55.5 Å². The van der Waals surface area contributed by atoms with Gasteiger partial charge >= 0.3 is 6.03 Å². The van der Waals surface area contributed by atoms with Crippen molar-refractivity contribution >= 4 is 21.6 Å². The summed E-state index contributed by atoms with van der Waals surface area (Å²) < 4.78 is 24.6. The lowest BCUT2D eigenvalue weighted by molar-refractivity contribution is 0.206. The molecule has 2 heterocycles. The first-order chi connectivity index (χ1) is 12.9. The Hall–Kier alpha value is -2.34. The average molecular weight is 385 g/mol. The van der Waals surface area contributed by atoms with Gasteiger partial charge in [-0.25, -0.2) is 13.2 Å². The minimum Gasteiger partial charge on any atom is -0.314 e. The molecule has 2 aromatic rings. The van der Waals surface area contributed by atoms with E-state index in [0.717, 1.165) is 23.2 Å². The number of anilines is 1. The van der Waals surface area contributed by atoms with Gasteiger partial charge in [0.05, 0.1) is 23.6 Å². The van der Waals surface area contributed by atoms with E-state index >= 15 is 0 Å². The Morgan fingerprint density at radius 2 is 1.52 bits per heavy atom. The zero-order valence-corrected chi connectivity index (χ0v) is 16.4. The van der Waals surface area contributed by atoms with Crippen LogP contribution in [0.1, 0.15) is 23.6 Å². The van der Waals surface area contributed by atoms with Crippen LogP contribution in [0.5, 0.6) is 0 Å². The summed E-state index contributed by atoms with van der Waals surface area (Å²) in [5.41, 5.74) is 4.14. The Labute approximate surface area is 160 Å². The van der Waals surface area contributed by atoms with Gasteiger partial charge < -0.3 is 4.90 Å². The van der Waals surface area contributed by atoms with Crippen molar-refractivity contribution in [3.05, 3.63) is 65.2 Å². The van der Waals surface area contributed by atoms with Gasteiger partial charge in [-0.3, -0.25) is 4.90 Å². The number of carbonyl (C=O) groups is 1. The molecule has 2 atom stereocenters. The molecule has 27 heavy (non-hydrogen) atoms. The van der Waals surface area contributed by atoms with Crippen LogP contribution in [0, 0.1) is 6.92 Å². The summed E-state index contributed by atoms with van der Waals surface area (Å²) in [4.78, 5) is 16.6. The SMILES string of the molecule is CCc1ccc(N2C(=O)N(Cc3ccc(C)cc3)C3CS(=O)(=O)CC32)cc1. The lowest BCUT2D eigenvalue weighted by atomic mass is 10.1. The third kappa shape index (κ3) is 3.34. The summed E-state index contributed by atoms with van der Waals surface area (Å²) >= 11 is 0. The first-order valence-corrected chi connectivity index (χ1v) is 11.1. The van der Waals surface area contributed by atoms with Crippen LogP contribution in [-0.4, -0.2) is 42.9 Å². The summed E-state index contributed by atoms with van der Waals surface area (Å²) in [5.74, 6) is 0.0716. The number of benzene rings is 2. The van der Waals surface area contributed by atoms with Crippen LogP contribution in [0.4, 0.5) is 10.5 Å². The average Bonchev–Trinajstić information content (AvgIpc) is 3.07. The minimum atomic E-state index is -3.15. The number of amides is 2. The maximum atomic E-state index is 13.2. The molecule has 2 fully saturated rings. The van der Waals surface area contributed by atoms with Crippen molar-refractivity contribution in [3.63, 3.8) is 0 Å². The highest BCUT2D eigenvalue weighted by molar-refractivity contribution is 7.91. The summed E-state index contributed by atoms with van der Waals surface area (Å²) in [7, 11) is -3.15. The number of fused-ring (bicyclic) bond motifs is 1. The van der Waals surface area contributed by atoms with E-state index in [2.05, 4.69) is 6.92 Å². The number of urea groups is 1. The summed E-state index contributed by atoms with van der Waals surface area (Å²) in [6, 6.07) is 15.2. The molecule has 0 spiro atoms. The molecule has 2 saturated heterocycles. The van der Waals surface area contributed by atoms with Crippen molar-refractivity contribution in [1.29, 1.82) is 0 Å². The van der Waals surface area contributed by atoms with Crippen molar-refractivity contribution in [2.45, 2.75) is 38.9 Å². The van der Waals surface area contributed by atoms with Gasteiger partial charge in [-0.15, -0.1) is 0 Å². The number of aryl methyl sites for hydroxylation is 2. The van der Waals surface area contributed by atoms with Gasteiger partial charge in [0.2, 0.25) is 0 Å². The third-order valence-corrected chi connectivity index (χ3v) is 7.27. The van der Waals surface area contributed by atoms with E-state index in [9.17, 15) is 13.2 Å². The highest BCUT2D eigenvalue weighted by Gasteiger charge is 2.53. The number of sulfone groups is 1. The van der Waals surface area contributed by atoms with Crippen LogP contribution >= 0.6 is 0 Å². The summed E-state index contributed by atoms with van der Waals surface area (Å²) in [6.45, 7) is 4.53. The van der Waals surface area contributed by atoms with Crippen LogP contribution in [0.25, 0.3) is 0 Å². The highest BCUT2D eigenvalue weighted by Crippen LogP contribution is 2.36. The fourth-order valence-electron chi connectivity index (χ4n) is 4.05. The Morgan fingerprint density at radius 3 is 2.15 bits per heavy atom. The molecular formula is C21H24N2O3S. The van der Waals surface area contributed by atoms with Crippen molar-refractivity contribution in [3.8, 4) is 0 Å². The van der Waals surface area contributed by atoms with Crippen LogP contribution in [0.15, 0.2) is 48.5 Å². The Morgan fingerprint density at radius 1 is 0.926 bits per heavy atom. The molecule has 0 radical (unpaired) electrons. The normalized spacial score (nSPS) is 23.7. The first kappa shape index (κ1) is 18.0. The molecule has 0 aliphatic carbocycles. The number of rotatable bonds is 4. The monoisotopic (exact) mass is 384 g/mol. The molecule has 142 valence electrons. The molecule has 4 rings (SSSR count). The molecule has 2 amide bonds. The maximum Gasteiger partial charge on any atom is 0.325 e. The maximum absolute atomic E-state index is 13.2. The van der Waals surface area contributed by atoms with Gasteiger partial charge in [-0.1, -0.05) is 48.9 Å². The quantitative estimate of drug-likeness (QED) is 0.761. The van der Waals surface area contributed by atoms with E-state index in [-0.39, 0.29) is 29.6 Å². The Balaban J connectivity index is 1.67.